The fourth-order valence-corrected chi connectivity index (χ4v) is 9.43. The molecule has 6 aromatic rings. The van der Waals surface area contributed by atoms with Crippen LogP contribution in [0.5, 0.6) is 17.2 Å². The highest BCUT2D eigenvalue weighted by atomic mass is 16.6. The first-order valence-electron chi connectivity index (χ1n) is 22.0. The molecule has 3 aromatic heterocycles. The zero-order valence-corrected chi connectivity index (χ0v) is 36.9. The molecule has 0 bridgehead atoms. The van der Waals surface area contributed by atoms with Gasteiger partial charge in [-0.2, -0.15) is 0 Å². The van der Waals surface area contributed by atoms with Gasteiger partial charge in [-0.1, -0.05) is 57.1 Å². The number of fused-ring (bicyclic) bond motifs is 5. The number of hydrogen-bond donors (Lipinski definition) is 4. The Morgan fingerprint density at radius 2 is 1.68 bits per heavy atom. The molecule has 3 aliphatic rings. The van der Waals surface area contributed by atoms with E-state index in [0.717, 1.165) is 22.1 Å². The third-order valence-electron chi connectivity index (χ3n) is 12.9. The van der Waals surface area contributed by atoms with E-state index in [4.69, 9.17) is 19.0 Å². The van der Waals surface area contributed by atoms with Gasteiger partial charge in [-0.3, -0.25) is 14.5 Å². The molecular weight excluding hydrogens is 833 g/mol. The number of cyclic esters (lactones) is 1. The molecule has 2 amide bonds. The average Bonchev–Trinajstić information content (AvgIpc) is 3.90. The third-order valence-corrected chi connectivity index (χ3v) is 12.9. The Bertz CT molecular complexity index is 2970. The fourth-order valence-electron chi connectivity index (χ4n) is 9.43. The molecule has 1 unspecified atom stereocenters. The van der Waals surface area contributed by atoms with E-state index in [2.05, 4.69) is 15.4 Å². The molecule has 0 radical (unpaired) electrons. The van der Waals surface area contributed by atoms with Crippen LogP contribution in [-0.2, 0) is 46.0 Å². The summed E-state index contributed by atoms with van der Waals surface area (Å²) in [6.45, 7) is 12.0. The first-order valence-corrected chi connectivity index (χ1v) is 22.0. The number of rotatable bonds is 10. The highest BCUT2D eigenvalue weighted by molar-refractivity contribution is 6.02. The van der Waals surface area contributed by atoms with Gasteiger partial charge in [-0.25, -0.2) is 14.6 Å². The molecule has 0 spiro atoms. The minimum Gasteiger partial charge on any atom is -0.508 e. The third kappa shape index (κ3) is 7.31. The second-order valence-corrected chi connectivity index (χ2v) is 17.0. The number of ether oxygens (including phenoxy) is 2. The number of benzene rings is 3. The highest BCUT2D eigenvalue weighted by Crippen LogP contribution is 2.45. The SMILES string of the molecule is CCNC(=O)c1noc(-c2cc(C(C)C)c(O)cc2O)c1-c1ccc(CN2CCN(C(=O)OC3(CC)C(=O)OCc4c3cc3n(c4=O)Cc4c-3nc3ccc(O)cc3c4CC)CC2)cc1. The molecule has 9 rings (SSSR count). The molecule has 16 nitrogen and oxygen atoms in total. The Morgan fingerprint density at radius 3 is 2.37 bits per heavy atom. The summed E-state index contributed by atoms with van der Waals surface area (Å²) in [5.41, 5.74) is 4.98. The van der Waals surface area contributed by atoms with Crippen LogP contribution in [0.15, 0.2) is 70.0 Å². The second-order valence-electron chi connectivity index (χ2n) is 17.0. The monoisotopic (exact) mass is 882 g/mol. The van der Waals surface area contributed by atoms with E-state index in [9.17, 15) is 34.5 Å². The number of aromatic hydroxyl groups is 3. The lowest BCUT2D eigenvalue weighted by Gasteiger charge is -2.39. The van der Waals surface area contributed by atoms with Crippen LogP contribution in [-0.4, -0.2) is 90.5 Å². The number of phenols is 3. The number of aromatic nitrogens is 3. The number of esters is 1. The predicted molar refractivity (Wildman–Crippen MR) is 239 cm³/mol. The summed E-state index contributed by atoms with van der Waals surface area (Å²) in [7, 11) is 0. The molecule has 1 saturated heterocycles. The number of carbonyl (C=O) groups excluding carboxylic acids is 3. The summed E-state index contributed by atoms with van der Waals surface area (Å²) in [6, 6.07) is 17.3. The van der Waals surface area contributed by atoms with Gasteiger partial charge in [0.15, 0.2) is 11.5 Å². The van der Waals surface area contributed by atoms with Crippen LogP contribution >= 0.6 is 0 Å². The lowest BCUT2D eigenvalue weighted by atomic mass is 9.85. The highest BCUT2D eigenvalue weighted by Gasteiger charge is 2.51. The zero-order valence-electron chi connectivity index (χ0n) is 36.9. The van der Waals surface area contributed by atoms with Crippen LogP contribution in [0.4, 0.5) is 4.79 Å². The van der Waals surface area contributed by atoms with Gasteiger partial charge in [0.2, 0.25) is 5.60 Å². The lowest BCUT2D eigenvalue weighted by molar-refractivity contribution is -0.173. The van der Waals surface area contributed by atoms with Crippen molar-refractivity contribution < 1.29 is 43.7 Å². The average molecular weight is 883 g/mol. The second kappa shape index (κ2) is 16.7. The van der Waals surface area contributed by atoms with Crippen LogP contribution < -0.4 is 10.9 Å². The van der Waals surface area contributed by atoms with Crippen molar-refractivity contribution >= 4 is 28.9 Å². The fraction of sp³-hybridized carbons (Fsp3) is 0.347. The number of carbonyl (C=O) groups is 3. The summed E-state index contributed by atoms with van der Waals surface area (Å²) >= 11 is 0. The van der Waals surface area contributed by atoms with Gasteiger partial charge >= 0.3 is 12.1 Å². The minimum absolute atomic E-state index is 0.0388. The topological polar surface area (TPSA) is 210 Å². The zero-order chi connectivity index (χ0) is 45.9. The molecule has 6 heterocycles. The Hall–Kier alpha value is -7.20. The van der Waals surface area contributed by atoms with E-state index < -0.39 is 23.6 Å². The van der Waals surface area contributed by atoms with Gasteiger partial charge in [0.1, 0.15) is 23.9 Å². The maximum Gasteiger partial charge on any atom is 0.411 e. The molecule has 3 aromatic carbocycles. The van der Waals surface area contributed by atoms with E-state index in [1.54, 1.807) is 53.6 Å². The van der Waals surface area contributed by atoms with Gasteiger partial charge < -0.3 is 44.1 Å². The lowest BCUT2D eigenvalue weighted by Crippen LogP contribution is -2.53. The van der Waals surface area contributed by atoms with Gasteiger partial charge in [0, 0.05) is 61.8 Å². The van der Waals surface area contributed by atoms with Crippen LogP contribution in [0, 0.1) is 0 Å². The maximum absolute atomic E-state index is 14.2. The van der Waals surface area contributed by atoms with Gasteiger partial charge in [-0.15, -0.1) is 0 Å². The number of piperazine rings is 1. The molecule has 16 heteroatoms. The van der Waals surface area contributed by atoms with Crippen molar-refractivity contribution in [3.05, 3.63) is 110 Å². The number of aryl methyl sites for hydroxylation is 1. The number of hydrogen-bond acceptors (Lipinski definition) is 13. The molecule has 0 aliphatic carbocycles. The van der Waals surface area contributed by atoms with Crippen LogP contribution in [0.2, 0.25) is 0 Å². The van der Waals surface area contributed by atoms with E-state index in [1.807, 2.05) is 45.0 Å². The summed E-state index contributed by atoms with van der Waals surface area (Å²) in [6.07, 6.45) is -0.00474. The van der Waals surface area contributed by atoms with Crippen LogP contribution in [0.25, 0.3) is 44.7 Å². The van der Waals surface area contributed by atoms with Crippen molar-refractivity contribution in [2.45, 2.75) is 78.7 Å². The first kappa shape index (κ1) is 43.1. The molecule has 4 N–H and O–H groups in total. The number of phenolic OH excluding ortho intramolecular Hbond substituents is 3. The van der Waals surface area contributed by atoms with Crippen molar-refractivity contribution in [2.24, 2.45) is 0 Å². The van der Waals surface area contributed by atoms with Gasteiger partial charge in [0.05, 0.1) is 40.1 Å². The Kier molecular flexibility index (Phi) is 11.1. The van der Waals surface area contributed by atoms with Gasteiger partial charge in [0.25, 0.3) is 11.5 Å². The van der Waals surface area contributed by atoms with E-state index in [-0.39, 0.29) is 65.3 Å². The summed E-state index contributed by atoms with van der Waals surface area (Å²) in [5.74, 6) is -1.18. The number of pyridine rings is 2. The van der Waals surface area contributed by atoms with Gasteiger partial charge in [-0.05, 0) is 78.3 Å². The first-order chi connectivity index (χ1) is 31.3. The van der Waals surface area contributed by atoms with Crippen molar-refractivity contribution in [1.82, 2.24) is 29.8 Å². The van der Waals surface area contributed by atoms with Crippen LogP contribution in [0.3, 0.4) is 0 Å². The Morgan fingerprint density at radius 1 is 0.923 bits per heavy atom. The molecule has 0 saturated carbocycles. The van der Waals surface area contributed by atoms with Crippen molar-refractivity contribution in [1.29, 1.82) is 0 Å². The summed E-state index contributed by atoms with van der Waals surface area (Å²) < 4.78 is 19.1. The molecule has 3 aliphatic heterocycles. The van der Waals surface area contributed by atoms with Crippen LogP contribution in [0.1, 0.15) is 90.8 Å². The van der Waals surface area contributed by atoms with Crippen molar-refractivity contribution in [3.8, 4) is 51.1 Å². The predicted octanol–water partition coefficient (Wildman–Crippen LogP) is 6.92. The summed E-state index contributed by atoms with van der Waals surface area (Å²) in [5, 5.41) is 39.3. The van der Waals surface area contributed by atoms with E-state index in [1.165, 1.54) is 6.07 Å². The Labute approximate surface area is 374 Å². The summed E-state index contributed by atoms with van der Waals surface area (Å²) in [4.78, 5) is 63.8. The minimum atomic E-state index is -1.85. The number of amides is 2. The molecule has 65 heavy (non-hydrogen) atoms. The van der Waals surface area contributed by atoms with E-state index >= 15 is 0 Å². The number of nitrogens with one attached hydrogen (secondary N) is 1. The normalized spacial score (nSPS) is 16.9. The maximum atomic E-state index is 14.2. The van der Waals surface area contributed by atoms with Crippen molar-refractivity contribution in [2.75, 3.05) is 32.7 Å². The standard InChI is InChI=1S/C49H50N6O10/c1-6-30-32-19-29(56)13-14-37(32)51-42-34(30)24-55-38(42)21-36-35(46(55)60)25-63-47(61)49(36,7-2)64-48(62)54-17-15-53(16-18-54)23-27-9-11-28(12-10-27)41-43(45(59)50-8-3)52-65-44(41)33-20-31(26(4)5)39(57)22-40(33)58/h9-14,19-22,26,56-58H,6-8,15-18,23-25H2,1-5H3,(H,50,59). The molecule has 336 valence electrons. The molecule has 1 atom stereocenters. The molecular formula is C49H50N6O10. The molecule has 1 fully saturated rings. The van der Waals surface area contributed by atoms with E-state index in [0.29, 0.717) is 90.4 Å². The Balaban J connectivity index is 0.923. The largest absolute Gasteiger partial charge is 0.508 e. The van der Waals surface area contributed by atoms with Crippen molar-refractivity contribution in [3.63, 3.8) is 0 Å². The number of nitrogens with zero attached hydrogens (tertiary/aromatic N) is 5. The quantitative estimate of drug-likeness (QED) is 0.103. The smallest absolute Gasteiger partial charge is 0.411 e.